The van der Waals surface area contributed by atoms with Crippen LogP contribution in [0.1, 0.15) is 161 Å². The van der Waals surface area contributed by atoms with Crippen molar-refractivity contribution < 1.29 is 0 Å². The van der Waals surface area contributed by atoms with Gasteiger partial charge in [-0.2, -0.15) is 0 Å². The lowest BCUT2D eigenvalue weighted by Crippen LogP contribution is -1.91. The molecule has 0 heteroatoms. The second-order valence-electron chi connectivity index (χ2n) is 9.80. The minimum absolute atomic E-state index is 0.829. The van der Waals surface area contributed by atoms with Crippen LogP contribution in [0.2, 0.25) is 0 Å². The molecule has 0 heterocycles. The standard InChI is InChI=1S/C30H58/c1-4-6-7-8-9-10-11-12-13-14-15-16-17-18-19-20-21-22-23-24-25-26-27-28-29-30(3)5-2/h19-20,30H,1-2,4-18,21-29H2,3H3/b20-19+. The highest BCUT2D eigenvalue weighted by atomic mass is 14.0. The van der Waals surface area contributed by atoms with Gasteiger partial charge < -0.3 is 0 Å². The molecule has 0 aliphatic heterocycles. The lowest BCUT2D eigenvalue weighted by atomic mass is 9.99. The lowest BCUT2D eigenvalue weighted by molar-refractivity contribution is 0.484. The van der Waals surface area contributed by atoms with Crippen molar-refractivity contribution in [3.05, 3.63) is 26.0 Å². The summed E-state index contributed by atoms with van der Waals surface area (Å²) >= 11 is 0. The molecule has 0 saturated carbocycles. The van der Waals surface area contributed by atoms with Gasteiger partial charge in [0.2, 0.25) is 0 Å². The first-order chi connectivity index (χ1) is 14.8. The summed E-state index contributed by atoms with van der Waals surface area (Å²) in [4.78, 5) is 0. The second kappa shape index (κ2) is 26.8. The lowest BCUT2D eigenvalue weighted by Gasteiger charge is -2.07. The van der Waals surface area contributed by atoms with E-state index in [2.05, 4.69) is 32.9 Å². The summed E-state index contributed by atoms with van der Waals surface area (Å²) in [5, 5.41) is 0. The van der Waals surface area contributed by atoms with E-state index in [-0.39, 0.29) is 0 Å². The summed E-state index contributed by atoms with van der Waals surface area (Å²) in [5.41, 5.74) is 0. The predicted molar refractivity (Wildman–Crippen MR) is 140 cm³/mol. The molecule has 0 spiro atoms. The van der Waals surface area contributed by atoms with Crippen LogP contribution in [0.25, 0.3) is 0 Å². The van der Waals surface area contributed by atoms with Crippen molar-refractivity contribution in [3.63, 3.8) is 0 Å². The van der Waals surface area contributed by atoms with Gasteiger partial charge in [-0.25, -0.2) is 0 Å². The van der Waals surface area contributed by atoms with E-state index >= 15 is 0 Å². The smallest absolute Gasteiger partial charge is 0.0351 e. The molecule has 0 aromatic carbocycles. The third-order valence-corrected chi connectivity index (χ3v) is 6.60. The van der Waals surface area contributed by atoms with Crippen molar-refractivity contribution in [2.45, 2.75) is 161 Å². The Kier molecular flexibility index (Phi) is 26.5. The van der Waals surface area contributed by atoms with E-state index in [9.17, 15) is 0 Å². The van der Waals surface area contributed by atoms with Crippen LogP contribution in [0.4, 0.5) is 0 Å². The first-order valence-corrected chi connectivity index (χ1v) is 14.0. The molecule has 0 rings (SSSR count). The van der Waals surface area contributed by atoms with Gasteiger partial charge in [-0.15, -0.1) is 0 Å². The van der Waals surface area contributed by atoms with Crippen LogP contribution in [0.3, 0.4) is 0 Å². The van der Waals surface area contributed by atoms with Gasteiger partial charge in [0.15, 0.2) is 0 Å². The number of hydrogen-bond acceptors (Lipinski definition) is 0. The average molecular weight is 419 g/mol. The molecule has 30 heavy (non-hydrogen) atoms. The predicted octanol–water partition coefficient (Wildman–Crippen LogP) is 11.2. The van der Waals surface area contributed by atoms with Gasteiger partial charge in [-0.1, -0.05) is 161 Å². The van der Waals surface area contributed by atoms with E-state index in [4.69, 9.17) is 0 Å². The maximum absolute atomic E-state index is 3.99. The SMILES string of the molecule is [CH2]CCCCCCCCCCCCCC/C=C/CCCCCCCCCC(C)C[CH2]. The summed E-state index contributed by atoms with van der Waals surface area (Å²) in [7, 11) is 0. The van der Waals surface area contributed by atoms with Crippen molar-refractivity contribution in [2.24, 2.45) is 5.92 Å². The zero-order valence-corrected chi connectivity index (χ0v) is 21.1. The summed E-state index contributed by atoms with van der Waals surface area (Å²) in [6, 6.07) is 0. The largest absolute Gasteiger partial charge is 0.0885 e. The molecule has 1 atom stereocenters. The number of hydrogen-bond donors (Lipinski definition) is 0. The van der Waals surface area contributed by atoms with Crippen molar-refractivity contribution in [3.8, 4) is 0 Å². The molecule has 0 aliphatic carbocycles. The van der Waals surface area contributed by atoms with Gasteiger partial charge in [-0.3, -0.25) is 0 Å². The van der Waals surface area contributed by atoms with Crippen molar-refractivity contribution >= 4 is 0 Å². The molecule has 178 valence electrons. The minimum Gasteiger partial charge on any atom is -0.0885 e. The van der Waals surface area contributed by atoms with Crippen LogP contribution in [-0.4, -0.2) is 0 Å². The van der Waals surface area contributed by atoms with E-state index in [1.165, 1.54) is 141 Å². The Morgan fingerprint density at radius 3 is 1.17 bits per heavy atom. The summed E-state index contributed by atoms with van der Waals surface area (Å²) in [6.07, 6.45) is 38.3. The molecule has 0 aromatic heterocycles. The quantitative estimate of drug-likeness (QED) is 0.102. The van der Waals surface area contributed by atoms with Gasteiger partial charge in [-0.05, 0) is 31.6 Å². The highest BCUT2D eigenvalue weighted by molar-refractivity contribution is 4.81. The van der Waals surface area contributed by atoms with E-state index in [1.807, 2.05) is 0 Å². The molecule has 0 saturated heterocycles. The first-order valence-electron chi connectivity index (χ1n) is 14.0. The van der Waals surface area contributed by atoms with Gasteiger partial charge in [0.1, 0.15) is 0 Å². The van der Waals surface area contributed by atoms with Crippen LogP contribution in [0.5, 0.6) is 0 Å². The maximum Gasteiger partial charge on any atom is -0.0351 e. The van der Waals surface area contributed by atoms with Gasteiger partial charge in [0.05, 0.1) is 0 Å². The molecule has 0 aliphatic rings. The third-order valence-electron chi connectivity index (χ3n) is 6.60. The zero-order chi connectivity index (χ0) is 22.0. The fourth-order valence-electron chi connectivity index (χ4n) is 4.23. The van der Waals surface area contributed by atoms with Gasteiger partial charge >= 0.3 is 0 Å². The van der Waals surface area contributed by atoms with Crippen molar-refractivity contribution in [2.75, 3.05) is 0 Å². The van der Waals surface area contributed by atoms with E-state index < -0.39 is 0 Å². The van der Waals surface area contributed by atoms with Crippen LogP contribution in [-0.2, 0) is 0 Å². The molecule has 0 aromatic rings. The van der Waals surface area contributed by atoms with Crippen molar-refractivity contribution in [1.82, 2.24) is 0 Å². The van der Waals surface area contributed by atoms with Crippen LogP contribution < -0.4 is 0 Å². The third kappa shape index (κ3) is 25.8. The zero-order valence-electron chi connectivity index (χ0n) is 21.1. The summed E-state index contributed by atoms with van der Waals surface area (Å²) in [6.45, 7) is 10.2. The molecule has 1 unspecified atom stereocenters. The monoisotopic (exact) mass is 418 g/mol. The molecule has 2 radical (unpaired) electrons. The van der Waals surface area contributed by atoms with Gasteiger partial charge in [0, 0.05) is 0 Å². The Morgan fingerprint density at radius 1 is 0.467 bits per heavy atom. The van der Waals surface area contributed by atoms with Crippen LogP contribution in [0, 0.1) is 19.8 Å². The number of rotatable bonds is 25. The molecule has 0 bridgehead atoms. The molecular formula is C30H58. The molecule has 0 N–H and O–H groups in total. The molecule has 0 nitrogen and oxygen atoms in total. The highest BCUT2D eigenvalue weighted by Gasteiger charge is 1.98. The van der Waals surface area contributed by atoms with Crippen LogP contribution in [0.15, 0.2) is 12.2 Å². The maximum atomic E-state index is 3.99. The summed E-state index contributed by atoms with van der Waals surface area (Å²) in [5.74, 6) is 0.829. The van der Waals surface area contributed by atoms with Crippen molar-refractivity contribution in [1.29, 1.82) is 0 Å². The molecule has 0 amide bonds. The van der Waals surface area contributed by atoms with E-state index in [1.54, 1.807) is 0 Å². The summed E-state index contributed by atoms with van der Waals surface area (Å²) < 4.78 is 0. The Morgan fingerprint density at radius 2 is 0.800 bits per heavy atom. The normalized spacial score (nSPS) is 12.8. The number of unbranched alkanes of at least 4 members (excludes halogenated alkanes) is 20. The topological polar surface area (TPSA) is 0 Å². The van der Waals surface area contributed by atoms with E-state index in [0.717, 1.165) is 18.8 Å². The average Bonchev–Trinajstić information content (AvgIpc) is 2.76. The Bertz CT molecular complexity index is 316. The fraction of sp³-hybridized carbons (Fsp3) is 0.867. The fourth-order valence-corrected chi connectivity index (χ4v) is 4.23. The second-order valence-corrected chi connectivity index (χ2v) is 9.80. The highest BCUT2D eigenvalue weighted by Crippen LogP contribution is 2.15. The number of allylic oxidation sites excluding steroid dienone is 2. The Labute approximate surface area is 193 Å². The Hall–Kier alpha value is -0.260. The first kappa shape index (κ1) is 29.7. The minimum atomic E-state index is 0.829. The van der Waals surface area contributed by atoms with Crippen LogP contribution >= 0.6 is 0 Å². The van der Waals surface area contributed by atoms with Gasteiger partial charge in [0.25, 0.3) is 0 Å². The Balaban J connectivity index is 3.09. The van der Waals surface area contributed by atoms with E-state index in [0.29, 0.717) is 0 Å². The molecular weight excluding hydrogens is 360 g/mol. The molecule has 0 fully saturated rings.